The average molecular weight is 492 g/mol. The van der Waals surface area contributed by atoms with Crippen molar-refractivity contribution in [1.82, 2.24) is 9.88 Å². The van der Waals surface area contributed by atoms with Crippen LogP contribution in [0.2, 0.25) is 5.02 Å². The van der Waals surface area contributed by atoms with Crippen molar-refractivity contribution >= 4 is 34.1 Å². The molecule has 35 heavy (non-hydrogen) atoms. The van der Waals surface area contributed by atoms with Crippen LogP contribution in [0.25, 0.3) is 10.9 Å². The van der Waals surface area contributed by atoms with Gasteiger partial charge in [-0.3, -0.25) is 9.59 Å². The summed E-state index contributed by atoms with van der Waals surface area (Å²) in [5.41, 5.74) is 3.51. The summed E-state index contributed by atoms with van der Waals surface area (Å²) in [5.74, 6) is 0.442. The van der Waals surface area contributed by atoms with E-state index in [0.29, 0.717) is 21.9 Å². The standard InChI is InChI=1S/C28H30ClN3O3/c1-4-12-31(5-2)26-16-20(9-10-24(26)29)28(34)32(18-23-7-6-13-35-23)17-22-15-21-14-19(3)8-11-25(21)30-27(22)33/h6-11,13-16H,4-5,12,17-18H2,1-3H3,(H,30,33). The number of pyridine rings is 1. The number of nitrogens with zero attached hydrogens (tertiary/aromatic N) is 2. The maximum Gasteiger partial charge on any atom is 0.254 e. The Bertz CT molecular complexity index is 1380. The molecule has 0 atom stereocenters. The normalized spacial score (nSPS) is 11.1. The molecule has 0 bridgehead atoms. The SMILES string of the molecule is CCCN(CC)c1cc(C(=O)N(Cc2ccco2)Cc2cc3cc(C)ccc3[nH]c2=O)ccc1Cl. The molecule has 0 aliphatic rings. The van der Waals surface area contributed by atoms with Gasteiger partial charge in [-0.15, -0.1) is 0 Å². The maximum absolute atomic E-state index is 13.7. The van der Waals surface area contributed by atoms with E-state index >= 15 is 0 Å². The van der Waals surface area contributed by atoms with Gasteiger partial charge in [-0.05, 0) is 74.2 Å². The van der Waals surface area contributed by atoms with Crippen LogP contribution in [0.5, 0.6) is 0 Å². The fourth-order valence-electron chi connectivity index (χ4n) is 4.27. The molecule has 4 rings (SSSR count). The van der Waals surface area contributed by atoms with E-state index in [2.05, 4.69) is 23.7 Å². The molecule has 7 heteroatoms. The van der Waals surface area contributed by atoms with Crippen molar-refractivity contribution in [2.24, 2.45) is 0 Å². The highest BCUT2D eigenvalue weighted by atomic mass is 35.5. The molecule has 2 aromatic heterocycles. The first-order valence-corrected chi connectivity index (χ1v) is 12.3. The quantitative estimate of drug-likeness (QED) is 0.304. The lowest BCUT2D eigenvalue weighted by Crippen LogP contribution is -2.32. The molecule has 0 radical (unpaired) electrons. The number of aromatic amines is 1. The molecule has 0 aliphatic carbocycles. The van der Waals surface area contributed by atoms with Crippen molar-refractivity contribution in [2.75, 3.05) is 18.0 Å². The van der Waals surface area contributed by atoms with Gasteiger partial charge in [0.15, 0.2) is 0 Å². The Morgan fingerprint density at radius 3 is 2.60 bits per heavy atom. The summed E-state index contributed by atoms with van der Waals surface area (Å²) in [5, 5.41) is 1.53. The molecule has 0 spiro atoms. The Labute approximate surface area is 210 Å². The monoisotopic (exact) mass is 491 g/mol. The lowest BCUT2D eigenvalue weighted by Gasteiger charge is -2.26. The number of benzene rings is 2. The summed E-state index contributed by atoms with van der Waals surface area (Å²) >= 11 is 6.50. The van der Waals surface area contributed by atoms with Crippen molar-refractivity contribution in [1.29, 1.82) is 0 Å². The maximum atomic E-state index is 13.7. The molecule has 0 saturated heterocycles. The van der Waals surface area contributed by atoms with Gasteiger partial charge in [0.2, 0.25) is 0 Å². The highest BCUT2D eigenvalue weighted by Crippen LogP contribution is 2.28. The van der Waals surface area contributed by atoms with Crippen LogP contribution in [0.3, 0.4) is 0 Å². The lowest BCUT2D eigenvalue weighted by molar-refractivity contribution is 0.0717. The molecule has 182 valence electrons. The smallest absolute Gasteiger partial charge is 0.254 e. The Hall–Kier alpha value is -3.51. The number of fused-ring (bicyclic) bond motifs is 1. The Morgan fingerprint density at radius 1 is 1.06 bits per heavy atom. The summed E-state index contributed by atoms with van der Waals surface area (Å²) in [6.07, 6.45) is 2.55. The number of hydrogen-bond donors (Lipinski definition) is 1. The van der Waals surface area contributed by atoms with Gasteiger partial charge in [-0.2, -0.15) is 0 Å². The third kappa shape index (κ3) is 5.60. The predicted octanol–water partition coefficient (Wildman–Crippen LogP) is 6.16. The van der Waals surface area contributed by atoms with Crippen LogP contribution < -0.4 is 10.5 Å². The zero-order chi connectivity index (χ0) is 24.9. The number of hydrogen-bond acceptors (Lipinski definition) is 4. The Morgan fingerprint density at radius 2 is 1.89 bits per heavy atom. The van der Waals surface area contributed by atoms with Crippen molar-refractivity contribution in [3.63, 3.8) is 0 Å². The summed E-state index contributed by atoms with van der Waals surface area (Å²) in [6.45, 7) is 8.19. The van der Waals surface area contributed by atoms with E-state index in [-0.39, 0.29) is 24.6 Å². The van der Waals surface area contributed by atoms with Crippen molar-refractivity contribution in [3.05, 3.63) is 98.7 Å². The number of H-pyrrole nitrogens is 1. The summed E-state index contributed by atoms with van der Waals surface area (Å²) in [6, 6.07) is 16.7. The molecule has 0 unspecified atom stereocenters. The number of amides is 1. The highest BCUT2D eigenvalue weighted by Gasteiger charge is 2.21. The second-order valence-corrected chi connectivity index (χ2v) is 9.11. The lowest BCUT2D eigenvalue weighted by atomic mass is 10.1. The number of aryl methyl sites for hydroxylation is 1. The summed E-state index contributed by atoms with van der Waals surface area (Å²) in [4.78, 5) is 33.4. The third-order valence-corrected chi connectivity index (χ3v) is 6.38. The van der Waals surface area contributed by atoms with Crippen molar-refractivity contribution < 1.29 is 9.21 Å². The zero-order valence-electron chi connectivity index (χ0n) is 20.3. The van der Waals surface area contributed by atoms with E-state index in [9.17, 15) is 9.59 Å². The van der Waals surface area contributed by atoms with Crippen LogP contribution in [0, 0.1) is 6.92 Å². The van der Waals surface area contributed by atoms with Crippen molar-refractivity contribution in [3.8, 4) is 0 Å². The fraction of sp³-hybridized carbons (Fsp3) is 0.286. The van der Waals surface area contributed by atoms with E-state index in [1.54, 1.807) is 29.4 Å². The van der Waals surface area contributed by atoms with Gasteiger partial charge in [-0.1, -0.05) is 30.2 Å². The first-order chi connectivity index (χ1) is 16.9. The minimum absolute atomic E-state index is 0.142. The van der Waals surface area contributed by atoms with Crippen LogP contribution in [-0.2, 0) is 13.1 Å². The number of carbonyl (C=O) groups is 1. The minimum atomic E-state index is -0.213. The van der Waals surface area contributed by atoms with Crippen LogP contribution in [-0.4, -0.2) is 28.9 Å². The van der Waals surface area contributed by atoms with Crippen molar-refractivity contribution in [2.45, 2.75) is 40.3 Å². The van der Waals surface area contributed by atoms with Crippen LogP contribution >= 0.6 is 11.6 Å². The van der Waals surface area contributed by atoms with E-state index in [4.69, 9.17) is 16.0 Å². The third-order valence-electron chi connectivity index (χ3n) is 6.06. The first kappa shape index (κ1) is 24.6. The summed E-state index contributed by atoms with van der Waals surface area (Å²) < 4.78 is 5.53. The second kappa shape index (κ2) is 10.8. The van der Waals surface area contributed by atoms with Gasteiger partial charge >= 0.3 is 0 Å². The Balaban J connectivity index is 1.71. The van der Waals surface area contributed by atoms with Gasteiger partial charge in [0.25, 0.3) is 11.5 Å². The van der Waals surface area contributed by atoms with Crippen LogP contribution in [0.1, 0.15) is 47.5 Å². The van der Waals surface area contributed by atoms with Crippen LogP contribution in [0.15, 0.2) is 70.1 Å². The number of nitrogens with one attached hydrogen (secondary N) is 1. The molecule has 1 amide bonds. The zero-order valence-corrected chi connectivity index (χ0v) is 21.1. The van der Waals surface area contributed by atoms with Gasteiger partial charge in [0.1, 0.15) is 5.76 Å². The number of anilines is 1. The number of rotatable bonds is 9. The fourth-order valence-corrected chi connectivity index (χ4v) is 4.51. The minimum Gasteiger partial charge on any atom is -0.467 e. The largest absolute Gasteiger partial charge is 0.467 e. The van der Waals surface area contributed by atoms with E-state index in [1.807, 2.05) is 43.3 Å². The number of carbonyl (C=O) groups excluding carboxylic acids is 1. The molecule has 0 aliphatic heterocycles. The molecule has 0 saturated carbocycles. The van der Waals surface area contributed by atoms with Gasteiger partial charge < -0.3 is 19.2 Å². The topological polar surface area (TPSA) is 69.6 Å². The van der Waals surface area contributed by atoms with Gasteiger partial charge in [-0.25, -0.2) is 0 Å². The molecule has 2 heterocycles. The molecule has 0 fully saturated rings. The molecular formula is C28H30ClN3O3. The Kier molecular flexibility index (Phi) is 7.61. The number of furan rings is 1. The van der Waals surface area contributed by atoms with E-state index in [1.165, 1.54) is 0 Å². The number of halogens is 1. The molecule has 4 aromatic rings. The molecular weight excluding hydrogens is 462 g/mol. The average Bonchev–Trinajstić information content (AvgIpc) is 3.36. The highest BCUT2D eigenvalue weighted by molar-refractivity contribution is 6.33. The van der Waals surface area contributed by atoms with Gasteiger partial charge in [0, 0.05) is 29.7 Å². The molecule has 1 N–H and O–H groups in total. The van der Waals surface area contributed by atoms with Gasteiger partial charge in [0.05, 0.1) is 30.1 Å². The van der Waals surface area contributed by atoms with Crippen LogP contribution in [0.4, 0.5) is 5.69 Å². The molecule has 6 nitrogen and oxygen atoms in total. The first-order valence-electron chi connectivity index (χ1n) is 11.9. The van der Waals surface area contributed by atoms with E-state index in [0.717, 1.165) is 41.7 Å². The van der Waals surface area contributed by atoms with E-state index < -0.39 is 0 Å². The number of aromatic nitrogens is 1. The predicted molar refractivity (Wildman–Crippen MR) is 141 cm³/mol. The molecule has 2 aromatic carbocycles. The second-order valence-electron chi connectivity index (χ2n) is 8.70. The summed E-state index contributed by atoms with van der Waals surface area (Å²) in [7, 11) is 0.